The lowest BCUT2D eigenvalue weighted by Crippen LogP contribution is -2.35. The fourth-order valence-electron chi connectivity index (χ4n) is 5.41. The largest absolute Gasteiger partial charge is 0.465 e. The number of carboxylic acid groups (broad SMARTS) is 1. The molecule has 4 rings (SSSR count). The standard InChI is InChI=1S/C32H38N2O7S/c35-19-6-20-42(40,41)33-31(37)28-16-15-27(21-29(28)25-7-4-5-8-25)24-13-11-23(12-14-24)17-18-34(32(38)39)22-30(36)26-9-2-1-3-10-26/h1-3,9-16,21,25,30,35-36H,4-8,17-20,22H2,(H,33,37)(H,38,39)/t30-/m1/s1. The summed E-state index contributed by atoms with van der Waals surface area (Å²) >= 11 is 0. The molecular formula is C32H38N2O7S. The van der Waals surface area contributed by atoms with E-state index < -0.39 is 28.1 Å². The first-order valence-corrected chi connectivity index (χ1v) is 15.9. The smallest absolute Gasteiger partial charge is 0.407 e. The lowest BCUT2D eigenvalue weighted by Gasteiger charge is -2.22. The fourth-order valence-corrected chi connectivity index (χ4v) is 6.41. The van der Waals surface area contributed by atoms with E-state index >= 15 is 0 Å². The number of hydrogen-bond acceptors (Lipinski definition) is 6. The Morgan fingerprint density at radius 2 is 1.62 bits per heavy atom. The molecule has 1 saturated carbocycles. The minimum absolute atomic E-state index is 0.0238. The Balaban J connectivity index is 1.46. The van der Waals surface area contributed by atoms with Gasteiger partial charge in [-0.3, -0.25) is 4.79 Å². The highest BCUT2D eigenvalue weighted by Gasteiger charge is 2.25. The maximum Gasteiger partial charge on any atom is 0.407 e. The summed E-state index contributed by atoms with van der Waals surface area (Å²) in [7, 11) is -3.85. The molecule has 1 aliphatic rings. The molecule has 0 unspecified atom stereocenters. The fraction of sp³-hybridized carbons (Fsp3) is 0.375. The minimum Gasteiger partial charge on any atom is -0.465 e. The van der Waals surface area contributed by atoms with Gasteiger partial charge in [-0.25, -0.2) is 17.9 Å². The summed E-state index contributed by atoms with van der Waals surface area (Å²) in [5.41, 5.74) is 4.62. The van der Waals surface area contributed by atoms with Crippen LogP contribution in [0.2, 0.25) is 0 Å². The molecule has 2 amide bonds. The topological polar surface area (TPSA) is 144 Å². The second-order valence-electron chi connectivity index (χ2n) is 10.7. The molecule has 1 fully saturated rings. The van der Waals surface area contributed by atoms with E-state index in [2.05, 4.69) is 4.72 Å². The number of aliphatic hydroxyl groups is 2. The molecular weight excluding hydrogens is 556 g/mol. The SMILES string of the molecule is O=C(NS(=O)(=O)CCCO)c1ccc(-c2ccc(CCN(C[C@@H](O)c3ccccc3)C(=O)O)cc2)cc1C1CCCC1. The summed E-state index contributed by atoms with van der Waals surface area (Å²) in [6, 6.07) is 22.2. The van der Waals surface area contributed by atoms with Crippen LogP contribution in [-0.2, 0) is 16.4 Å². The van der Waals surface area contributed by atoms with Crippen LogP contribution in [0.5, 0.6) is 0 Å². The number of hydrogen-bond donors (Lipinski definition) is 4. The molecule has 0 heterocycles. The number of amides is 2. The molecule has 42 heavy (non-hydrogen) atoms. The van der Waals surface area contributed by atoms with Crippen molar-refractivity contribution < 1.29 is 33.3 Å². The minimum atomic E-state index is -3.85. The van der Waals surface area contributed by atoms with Crippen LogP contribution in [0.15, 0.2) is 72.8 Å². The first-order chi connectivity index (χ1) is 20.2. The molecule has 0 bridgehead atoms. The normalized spacial score (nSPS) is 14.4. The Bertz CT molecular complexity index is 1450. The van der Waals surface area contributed by atoms with E-state index in [4.69, 9.17) is 5.11 Å². The molecule has 3 aromatic rings. The molecule has 1 aliphatic carbocycles. The van der Waals surface area contributed by atoms with E-state index in [-0.39, 0.29) is 37.8 Å². The Labute approximate surface area is 246 Å². The van der Waals surface area contributed by atoms with Crippen molar-refractivity contribution in [2.45, 2.75) is 50.5 Å². The van der Waals surface area contributed by atoms with Gasteiger partial charge in [-0.2, -0.15) is 0 Å². The summed E-state index contributed by atoms with van der Waals surface area (Å²) in [5.74, 6) is -0.813. The Hall–Kier alpha value is -3.73. The van der Waals surface area contributed by atoms with Crippen molar-refractivity contribution in [2.75, 3.05) is 25.4 Å². The van der Waals surface area contributed by atoms with Crippen LogP contribution in [0.25, 0.3) is 11.1 Å². The van der Waals surface area contributed by atoms with Gasteiger partial charge >= 0.3 is 6.09 Å². The summed E-state index contributed by atoms with van der Waals surface area (Å²) in [6.45, 7) is -0.0649. The molecule has 0 spiro atoms. The van der Waals surface area contributed by atoms with Crippen molar-refractivity contribution in [1.82, 2.24) is 9.62 Å². The Morgan fingerprint density at radius 3 is 2.26 bits per heavy atom. The summed E-state index contributed by atoms with van der Waals surface area (Å²) in [4.78, 5) is 26.0. The first-order valence-electron chi connectivity index (χ1n) is 14.3. The second kappa shape index (κ2) is 14.4. The van der Waals surface area contributed by atoms with Gasteiger partial charge in [0.1, 0.15) is 0 Å². The molecule has 0 radical (unpaired) electrons. The highest BCUT2D eigenvalue weighted by molar-refractivity contribution is 7.90. The highest BCUT2D eigenvalue weighted by atomic mass is 32.2. The van der Waals surface area contributed by atoms with Crippen LogP contribution in [0.4, 0.5) is 4.79 Å². The predicted molar refractivity (Wildman–Crippen MR) is 161 cm³/mol. The number of nitrogens with one attached hydrogen (secondary N) is 1. The maximum absolute atomic E-state index is 13.0. The second-order valence-corrected chi connectivity index (χ2v) is 12.6. The zero-order chi connectivity index (χ0) is 30.1. The van der Waals surface area contributed by atoms with Gasteiger partial charge in [-0.1, -0.05) is 79.6 Å². The van der Waals surface area contributed by atoms with Gasteiger partial charge in [0.2, 0.25) is 10.0 Å². The lowest BCUT2D eigenvalue weighted by molar-refractivity contribution is 0.0971. The number of benzene rings is 3. The molecule has 1 atom stereocenters. The lowest BCUT2D eigenvalue weighted by atomic mass is 9.89. The van der Waals surface area contributed by atoms with Crippen LogP contribution in [0, 0.1) is 0 Å². The van der Waals surface area contributed by atoms with Crippen molar-refractivity contribution in [3.8, 4) is 11.1 Å². The van der Waals surface area contributed by atoms with E-state index in [1.54, 1.807) is 36.4 Å². The predicted octanol–water partition coefficient (Wildman–Crippen LogP) is 4.71. The maximum atomic E-state index is 13.0. The van der Waals surface area contributed by atoms with Gasteiger partial charge < -0.3 is 20.2 Å². The molecule has 224 valence electrons. The van der Waals surface area contributed by atoms with Crippen molar-refractivity contribution in [3.05, 3.63) is 95.1 Å². The molecule has 10 heteroatoms. The summed E-state index contributed by atoms with van der Waals surface area (Å²) in [5, 5.41) is 29.1. The summed E-state index contributed by atoms with van der Waals surface area (Å²) in [6.07, 6.45) is 2.49. The third kappa shape index (κ3) is 8.40. The van der Waals surface area contributed by atoms with E-state index in [0.717, 1.165) is 47.9 Å². The monoisotopic (exact) mass is 594 g/mol. The van der Waals surface area contributed by atoms with Crippen molar-refractivity contribution >= 4 is 22.0 Å². The zero-order valence-electron chi connectivity index (χ0n) is 23.5. The molecule has 9 nitrogen and oxygen atoms in total. The van der Waals surface area contributed by atoms with Gasteiger partial charge in [-0.15, -0.1) is 0 Å². The molecule has 0 aromatic heterocycles. The van der Waals surface area contributed by atoms with Gasteiger partial charge in [0.25, 0.3) is 5.91 Å². The van der Waals surface area contributed by atoms with Gasteiger partial charge in [0.15, 0.2) is 0 Å². The van der Waals surface area contributed by atoms with Crippen LogP contribution in [-0.4, -0.2) is 66.1 Å². The Kier molecular flexibility index (Phi) is 10.7. The van der Waals surface area contributed by atoms with E-state index in [0.29, 0.717) is 17.5 Å². The Morgan fingerprint density at radius 1 is 0.952 bits per heavy atom. The van der Waals surface area contributed by atoms with E-state index in [1.165, 1.54) is 4.90 Å². The van der Waals surface area contributed by atoms with Crippen LogP contribution >= 0.6 is 0 Å². The molecule has 0 aliphatic heterocycles. The quantitative estimate of drug-likeness (QED) is 0.224. The number of aliphatic hydroxyl groups excluding tert-OH is 2. The zero-order valence-corrected chi connectivity index (χ0v) is 24.3. The number of rotatable bonds is 13. The summed E-state index contributed by atoms with van der Waals surface area (Å²) < 4.78 is 26.7. The van der Waals surface area contributed by atoms with E-state index in [9.17, 15) is 28.2 Å². The third-order valence-electron chi connectivity index (χ3n) is 7.72. The van der Waals surface area contributed by atoms with Gasteiger partial charge in [0, 0.05) is 18.7 Å². The number of sulfonamides is 1. The van der Waals surface area contributed by atoms with Crippen molar-refractivity contribution in [2.24, 2.45) is 0 Å². The average Bonchev–Trinajstić information content (AvgIpc) is 3.53. The van der Waals surface area contributed by atoms with Gasteiger partial charge in [0.05, 0.1) is 18.4 Å². The number of nitrogens with zero attached hydrogens (tertiary/aromatic N) is 1. The number of carbonyl (C=O) groups excluding carboxylic acids is 1. The van der Waals surface area contributed by atoms with Crippen molar-refractivity contribution in [1.29, 1.82) is 0 Å². The molecule has 4 N–H and O–H groups in total. The van der Waals surface area contributed by atoms with Crippen LogP contribution in [0.3, 0.4) is 0 Å². The van der Waals surface area contributed by atoms with Crippen molar-refractivity contribution in [3.63, 3.8) is 0 Å². The van der Waals surface area contributed by atoms with Crippen LogP contribution in [0.1, 0.15) is 71.2 Å². The highest BCUT2D eigenvalue weighted by Crippen LogP contribution is 2.38. The average molecular weight is 595 g/mol. The number of carbonyl (C=O) groups is 2. The molecule has 0 saturated heterocycles. The first kappa shape index (κ1) is 31.2. The third-order valence-corrected chi connectivity index (χ3v) is 9.04. The van der Waals surface area contributed by atoms with Crippen LogP contribution < -0.4 is 4.72 Å². The van der Waals surface area contributed by atoms with E-state index in [1.807, 2.05) is 36.4 Å². The molecule has 3 aromatic carbocycles. The van der Waals surface area contributed by atoms with Gasteiger partial charge in [-0.05, 0) is 65.5 Å².